The van der Waals surface area contributed by atoms with E-state index >= 15 is 0 Å². The molecule has 0 aliphatic carbocycles. The van der Waals surface area contributed by atoms with Crippen molar-refractivity contribution in [3.05, 3.63) is 29.6 Å². The van der Waals surface area contributed by atoms with Crippen LogP contribution in [-0.4, -0.2) is 59.9 Å². The number of benzene rings is 1. The molecule has 2 atom stereocenters. The molecule has 0 aromatic heterocycles. The quantitative estimate of drug-likeness (QED) is 0.418. The SMILES string of the molecule is CCCC(CCC)N(C(=O)CN1CC(C)C[C@@H]1CCN(CC)C(C)=O)c1ccc(F)c(C)c1. The Morgan fingerprint density at radius 1 is 1.18 bits per heavy atom. The fourth-order valence-electron chi connectivity index (χ4n) is 5.23. The predicted octanol–water partition coefficient (Wildman–Crippen LogP) is 5.40. The van der Waals surface area contributed by atoms with Crippen molar-refractivity contribution in [1.82, 2.24) is 9.80 Å². The summed E-state index contributed by atoms with van der Waals surface area (Å²) in [6, 6.07) is 5.44. The van der Waals surface area contributed by atoms with Crippen molar-refractivity contribution in [1.29, 1.82) is 0 Å². The number of likely N-dealkylation sites (tertiary alicyclic amines) is 1. The van der Waals surface area contributed by atoms with Crippen molar-refractivity contribution in [2.75, 3.05) is 31.1 Å². The largest absolute Gasteiger partial charge is 0.343 e. The minimum atomic E-state index is -0.243. The van der Waals surface area contributed by atoms with Gasteiger partial charge in [-0.3, -0.25) is 14.5 Å². The molecule has 33 heavy (non-hydrogen) atoms. The number of aryl methyl sites for hydroxylation is 1. The molecular weight excluding hydrogens is 417 g/mol. The van der Waals surface area contributed by atoms with E-state index in [0.29, 0.717) is 30.6 Å². The normalized spacial score (nSPS) is 18.7. The Hall–Kier alpha value is -1.95. The Morgan fingerprint density at radius 2 is 1.85 bits per heavy atom. The molecule has 1 aliphatic heterocycles. The van der Waals surface area contributed by atoms with Crippen LogP contribution in [0.5, 0.6) is 0 Å². The second kappa shape index (κ2) is 13.1. The van der Waals surface area contributed by atoms with Crippen LogP contribution >= 0.6 is 0 Å². The maximum atomic E-state index is 14.0. The lowest BCUT2D eigenvalue weighted by Gasteiger charge is -2.35. The van der Waals surface area contributed by atoms with Crippen LogP contribution in [0, 0.1) is 18.7 Å². The summed E-state index contributed by atoms with van der Waals surface area (Å²) in [4.78, 5) is 31.7. The maximum absolute atomic E-state index is 14.0. The molecule has 0 saturated carbocycles. The maximum Gasteiger partial charge on any atom is 0.241 e. The lowest BCUT2D eigenvalue weighted by Crippen LogP contribution is -2.47. The van der Waals surface area contributed by atoms with Gasteiger partial charge >= 0.3 is 0 Å². The van der Waals surface area contributed by atoms with Gasteiger partial charge in [0.05, 0.1) is 6.54 Å². The zero-order valence-corrected chi connectivity index (χ0v) is 21.6. The number of anilines is 1. The van der Waals surface area contributed by atoms with Crippen LogP contribution in [0.3, 0.4) is 0 Å². The number of nitrogens with zero attached hydrogens (tertiary/aromatic N) is 3. The summed E-state index contributed by atoms with van der Waals surface area (Å²) in [6.45, 7) is 14.6. The van der Waals surface area contributed by atoms with Crippen molar-refractivity contribution in [2.45, 2.75) is 92.2 Å². The number of amides is 2. The van der Waals surface area contributed by atoms with Gasteiger partial charge in [0.15, 0.2) is 0 Å². The highest BCUT2D eigenvalue weighted by atomic mass is 19.1. The molecule has 1 heterocycles. The highest BCUT2D eigenvalue weighted by molar-refractivity contribution is 5.95. The summed E-state index contributed by atoms with van der Waals surface area (Å²) in [7, 11) is 0. The van der Waals surface area contributed by atoms with Crippen LogP contribution in [0.4, 0.5) is 10.1 Å². The second-order valence-electron chi connectivity index (χ2n) is 9.74. The summed E-state index contributed by atoms with van der Waals surface area (Å²) in [5.74, 6) is 0.476. The van der Waals surface area contributed by atoms with Crippen molar-refractivity contribution < 1.29 is 14.0 Å². The van der Waals surface area contributed by atoms with Gasteiger partial charge < -0.3 is 9.80 Å². The van der Waals surface area contributed by atoms with E-state index in [0.717, 1.165) is 57.3 Å². The van der Waals surface area contributed by atoms with Gasteiger partial charge in [0.1, 0.15) is 5.82 Å². The van der Waals surface area contributed by atoms with Crippen molar-refractivity contribution >= 4 is 17.5 Å². The molecule has 1 saturated heterocycles. The third-order valence-electron chi connectivity index (χ3n) is 6.93. The van der Waals surface area contributed by atoms with Crippen LogP contribution in [0.25, 0.3) is 0 Å². The van der Waals surface area contributed by atoms with E-state index in [-0.39, 0.29) is 23.7 Å². The Morgan fingerprint density at radius 3 is 2.39 bits per heavy atom. The van der Waals surface area contributed by atoms with Gasteiger partial charge in [-0.05, 0) is 69.2 Å². The summed E-state index contributed by atoms with van der Waals surface area (Å²) in [6.07, 6.45) is 5.78. The molecule has 0 spiro atoms. The molecule has 1 aromatic rings. The average Bonchev–Trinajstić information content (AvgIpc) is 3.10. The lowest BCUT2D eigenvalue weighted by molar-refractivity contribution is -0.129. The first-order valence-corrected chi connectivity index (χ1v) is 12.8. The molecule has 2 amide bonds. The standard InChI is InChI=1S/C27H44FN3O2/c1-7-10-23(11-8-2)31(25-12-13-26(28)21(5)17-25)27(33)19-30-18-20(4)16-24(30)14-15-29(9-3)22(6)32/h12-13,17,20,23-24H,7-11,14-16,18-19H2,1-6H3/t20?,24-/m0/s1. The molecule has 186 valence electrons. The van der Waals surface area contributed by atoms with Crippen LogP contribution < -0.4 is 4.90 Å². The molecule has 0 radical (unpaired) electrons. The van der Waals surface area contributed by atoms with Crippen molar-refractivity contribution in [3.8, 4) is 0 Å². The number of carbonyl (C=O) groups is 2. The molecule has 5 nitrogen and oxygen atoms in total. The van der Waals surface area contributed by atoms with Crippen LogP contribution in [0.15, 0.2) is 18.2 Å². The zero-order valence-electron chi connectivity index (χ0n) is 21.6. The third kappa shape index (κ3) is 7.53. The number of carbonyl (C=O) groups excluding carboxylic acids is 2. The van der Waals surface area contributed by atoms with Crippen molar-refractivity contribution in [3.63, 3.8) is 0 Å². The predicted molar refractivity (Wildman–Crippen MR) is 134 cm³/mol. The Kier molecular flexibility index (Phi) is 10.8. The van der Waals surface area contributed by atoms with E-state index < -0.39 is 0 Å². The highest BCUT2D eigenvalue weighted by Crippen LogP contribution is 2.28. The fraction of sp³-hybridized carbons (Fsp3) is 0.704. The summed E-state index contributed by atoms with van der Waals surface area (Å²) in [5.41, 5.74) is 1.36. The molecular formula is C27H44FN3O2. The van der Waals surface area contributed by atoms with E-state index in [9.17, 15) is 14.0 Å². The van der Waals surface area contributed by atoms with Crippen LogP contribution in [0.2, 0.25) is 0 Å². The van der Waals surface area contributed by atoms with Gasteiger partial charge in [-0.2, -0.15) is 0 Å². The first kappa shape index (κ1) is 27.3. The van der Waals surface area contributed by atoms with E-state index in [1.807, 2.05) is 22.8 Å². The Labute approximate surface area is 200 Å². The first-order chi connectivity index (χ1) is 15.7. The Bertz CT molecular complexity index is 779. The first-order valence-electron chi connectivity index (χ1n) is 12.8. The number of hydrogen-bond donors (Lipinski definition) is 0. The van der Waals surface area contributed by atoms with Gasteiger partial charge in [0, 0.05) is 44.3 Å². The monoisotopic (exact) mass is 461 g/mol. The second-order valence-corrected chi connectivity index (χ2v) is 9.74. The minimum Gasteiger partial charge on any atom is -0.343 e. The van der Waals surface area contributed by atoms with Crippen molar-refractivity contribution in [2.24, 2.45) is 5.92 Å². The number of rotatable bonds is 12. The molecule has 1 unspecified atom stereocenters. The van der Waals surface area contributed by atoms with E-state index in [4.69, 9.17) is 0 Å². The minimum absolute atomic E-state index is 0.0888. The molecule has 1 aromatic carbocycles. The molecule has 2 rings (SSSR count). The highest BCUT2D eigenvalue weighted by Gasteiger charge is 2.34. The van der Waals surface area contributed by atoms with Crippen LogP contribution in [-0.2, 0) is 9.59 Å². The van der Waals surface area contributed by atoms with E-state index in [2.05, 4.69) is 25.7 Å². The number of hydrogen-bond acceptors (Lipinski definition) is 3. The van der Waals surface area contributed by atoms with Gasteiger partial charge in [-0.15, -0.1) is 0 Å². The molecule has 1 fully saturated rings. The molecule has 6 heteroatoms. The smallest absolute Gasteiger partial charge is 0.241 e. The number of halogens is 1. The van der Waals surface area contributed by atoms with Gasteiger partial charge in [-0.25, -0.2) is 4.39 Å². The molecule has 0 bridgehead atoms. The molecule has 0 N–H and O–H groups in total. The summed E-state index contributed by atoms with van der Waals surface area (Å²) < 4.78 is 14.0. The van der Waals surface area contributed by atoms with E-state index in [1.54, 1.807) is 19.9 Å². The zero-order chi connectivity index (χ0) is 24.5. The van der Waals surface area contributed by atoms with Crippen LogP contribution in [0.1, 0.15) is 78.7 Å². The Balaban J connectivity index is 2.23. The average molecular weight is 462 g/mol. The summed E-state index contributed by atoms with van der Waals surface area (Å²) in [5, 5.41) is 0. The molecule has 1 aliphatic rings. The topological polar surface area (TPSA) is 43.9 Å². The van der Waals surface area contributed by atoms with Gasteiger partial charge in [0.2, 0.25) is 11.8 Å². The summed E-state index contributed by atoms with van der Waals surface area (Å²) >= 11 is 0. The van der Waals surface area contributed by atoms with Gasteiger partial charge in [-0.1, -0.05) is 33.6 Å². The van der Waals surface area contributed by atoms with E-state index in [1.165, 1.54) is 6.07 Å². The lowest BCUT2D eigenvalue weighted by atomic mass is 10.0. The third-order valence-corrected chi connectivity index (χ3v) is 6.93. The van der Waals surface area contributed by atoms with Gasteiger partial charge in [0.25, 0.3) is 0 Å². The fourth-order valence-corrected chi connectivity index (χ4v) is 5.23.